The molecule has 0 heterocycles. The molecule has 0 amide bonds. The summed E-state index contributed by atoms with van der Waals surface area (Å²) in [4.78, 5) is 0. The molecule has 0 unspecified atom stereocenters. The smallest absolute Gasteiger partial charge is 0.124 e. The third-order valence-corrected chi connectivity index (χ3v) is 1.99. The van der Waals surface area contributed by atoms with Crippen LogP contribution in [0.25, 0.3) is 0 Å². The maximum Gasteiger partial charge on any atom is 0.124 e. The molecule has 1 aromatic carbocycles. The normalized spacial score (nSPS) is 9.92. The molecule has 0 bridgehead atoms. The molecule has 2 nitrogen and oxygen atoms in total. The van der Waals surface area contributed by atoms with E-state index in [1.165, 1.54) is 0 Å². The predicted molar refractivity (Wildman–Crippen MR) is 52.5 cm³/mol. The van der Waals surface area contributed by atoms with Crippen LogP contribution < -0.4 is 0 Å². The van der Waals surface area contributed by atoms with Gasteiger partial charge in [0.25, 0.3) is 0 Å². The van der Waals surface area contributed by atoms with E-state index in [1.807, 2.05) is 18.2 Å². The Labute approximate surface area is 78.2 Å². The number of aromatic hydroxyl groups is 1. The second kappa shape index (κ2) is 4.67. The molecule has 0 spiro atoms. The zero-order valence-electron chi connectivity index (χ0n) is 7.53. The van der Waals surface area contributed by atoms with Crippen LogP contribution in [0.2, 0.25) is 0 Å². The van der Waals surface area contributed by atoms with E-state index in [2.05, 4.69) is 6.58 Å². The third kappa shape index (κ3) is 2.33. The van der Waals surface area contributed by atoms with Crippen molar-refractivity contribution in [2.24, 2.45) is 0 Å². The summed E-state index contributed by atoms with van der Waals surface area (Å²) < 4.78 is 0. The molecule has 2 N–H and O–H groups in total. The van der Waals surface area contributed by atoms with E-state index in [0.29, 0.717) is 5.56 Å². The van der Waals surface area contributed by atoms with Crippen LogP contribution in [0.3, 0.4) is 0 Å². The quantitative estimate of drug-likeness (QED) is 0.692. The van der Waals surface area contributed by atoms with Gasteiger partial charge in [0.2, 0.25) is 0 Å². The van der Waals surface area contributed by atoms with Crippen LogP contribution in [0.1, 0.15) is 17.5 Å². The SMILES string of the molecule is C=CCCc1cccc(CO)c1O. The largest absolute Gasteiger partial charge is 0.507 e. The summed E-state index contributed by atoms with van der Waals surface area (Å²) in [6, 6.07) is 5.41. The van der Waals surface area contributed by atoms with Crippen LogP contribution in [0, 0.1) is 0 Å². The van der Waals surface area contributed by atoms with Crippen molar-refractivity contribution in [3.8, 4) is 5.75 Å². The number of aliphatic hydroxyl groups excluding tert-OH is 1. The van der Waals surface area contributed by atoms with E-state index < -0.39 is 0 Å². The van der Waals surface area contributed by atoms with Gasteiger partial charge in [-0.15, -0.1) is 6.58 Å². The highest BCUT2D eigenvalue weighted by molar-refractivity contribution is 5.40. The first kappa shape index (κ1) is 9.81. The van der Waals surface area contributed by atoms with Crippen molar-refractivity contribution in [1.82, 2.24) is 0 Å². The lowest BCUT2D eigenvalue weighted by atomic mass is 10.0. The molecule has 0 atom stereocenters. The van der Waals surface area contributed by atoms with Crippen LogP contribution in [0.5, 0.6) is 5.75 Å². The first-order valence-electron chi connectivity index (χ1n) is 4.31. The number of hydrogen-bond acceptors (Lipinski definition) is 2. The minimum Gasteiger partial charge on any atom is -0.507 e. The van der Waals surface area contributed by atoms with E-state index in [0.717, 1.165) is 18.4 Å². The van der Waals surface area contributed by atoms with Crippen LogP contribution in [0.4, 0.5) is 0 Å². The Bertz CT molecular complexity index is 292. The zero-order valence-corrected chi connectivity index (χ0v) is 7.53. The first-order chi connectivity index (χ1) is 6.29. The number of para-hydroxylation sites is 1. The van der Waals surface area contributed by atoms with Gasteiger partial charge in [-0.25, -0.2) is 0 Å². The number of hydrogen-bond donors (Lipinski definition) is 2. The Morgan fingerprint density at radius 2 is 2.00 bits per heavy atom. The van der Waals surface area contributed by atoms with Gasteiger partial charge in [-0.1, -0.05) is 24.3 Å². The topological polar surface area (TPSA) is 40.5 Å². The van der Waals surface area contributed by atoms with Crippen molar-refractivity contribution < 1.29 is 10.2 Å². The van der Waals surface area contributed by atoms with Gasteiger partial charge in [0, 0.05) is 5.56 Å². The summed E-state index contributed by atoms with van der Waals surface area (Å²) in [6.07, 6.45) is 3.41. The maximum atomic E-state index is 9.62. The highest BCUT2D eigenvalue weighted by Gasteiger charge is 2.04. The standard InChI is InChI=1S/C11H14O2/c1-2-3-5-9-6-4-7-10(8-12)11(9)13/h2,4,6-7,12-13H,1,3,5,8H2. The molecule has 1 rings (SSSR count). The minimum atomic E-state index is -0.117. The molecule has 0 saturated carbocycles. The first-order valence-corrected chi connectivity index (χ1v) is 4.31. The van der Waals surface area contributed by atoms with Crippen molar-refractivity contribution in [3.05, 3.63) is 42.0 Å². The van der Waals surface area contributed by atoms with Crippen molar-refractivity contribution in [2.75, 3.05) is 0 Å². The molecule has 0 aliphatic heterocycles. The number of aryl methyl sites for hydroxylation is 1. The molecule has 70 valence electrons. The Morgan fingerprint density at radius 1 is 1.31 bits per heavy atom. The zero-order chi connectivity index (χ0) is 9.68. The Balaban J connectivity index is 2.87. The number of benzene rings is 1. The maximum absolute atomic E-state index is 9.62. The lowest BCUT2D eigenvalue weighted by Gasteiger charge is -2.06. The summed E-state index contributed by atoms with van der Waals surface area (Å²) in [5.41, 5.74) is 1.45. The lowest BCUT2D eigenvalue weighted by molar-refractivity contribution is 0.275. The molecule has 0 saturated heterocycles. The van der Waals surface area contributed by atoms with E-state index in [4.69, 9.17) is 5.11 Å². The van der Waals surface area contributed by atoms with E-state index in [-0.39, 0.29) is 12.4 Å². The average Bonchev–Trinajstić information content (AvgIpc) is 2.16. The fraction of sp³-hybridized carbons (Fsp3) is 0.273. The summed E-state index contributed by atoms with van der Waals surface area (Å²) in [6.45, 7) is 3.50. The second-order valence-corrected chi connectivity index (χ2v) is 2.91. The summed E-state index contributed by atoms with van der Waals surface area (Å²) in [7, 11) is 0. The molecule has 2 heteroatoms. The average molecular weight is 178 g/mol. The van der Waals surface area contributed by atoms with Crippen molar-refractivity contribution in [1.29, 1.82) is 0 Å². The molecular formula is C11H14O2. The molecule has 0 fully saturated rings. The molecule has 0 aliphatic carbocycles. The lowest BCUT2D eigenvalue weighted by Crippen LogP contribution is -1.90. The van der Waals surface area contributed by atoms with Crippen LogP contribution in [0.15, 0.2) is 30.9 Å². The van der Waals surface area contributed by atoms with E-state index >= 15 is 0 Å². The van der Waals surface area contributed by atoms with E-state index in [9.17, 15) is 5.11 Å². The van der Waals surface area contributed by atoms with Crippen LogP contribution >= 0.6 is 0 Å². The molecule has 1 aromatic rings. The number of allylic oxidation sites excluding steroid dienone is 1. The van der Waals surface area contributed by atoms with E-state index in [1.54, 1.807) is 6.07 Å². The molecule has 0 aliphatic rings. The van der Waals surface area contributed by atoms with Gasteiger partial charge in [-0.05, 0) is 18.4 Å². The van der Waals surface area contributed by atoms with Crippen LogP contribution in [-0.4, -0.2) is 10.2 Å². The summed E-state index contributed by atoms with van der Waals surface area (Å²) in [5, 5.41) is 18.5. The van der Waals surface area contributed by atoms with Crippen LogP contribution in [-0.2, 0) is 13.0 Å². The van der Waals surface area contributed by atoms with Gasteiger partial charge in [0.1, 0.15) is 5.75 Å². The number of rotatable bonds is 4. The van der Waals surface area contributed by atoms with Crippen molar-refractivity contribution in [2.45, 2.75) is 19.4 Å². The highest BCUT2D eigenvalue weighted by atomic mass is 16.3. The number of aliphatic hydroxyl groups is 1. The van der Waals surface area contributed by atoms with Gasteiger partial charge < -0.3 is 10.2 Å². The molecular weight excluding hydrogens is 164 g/mol. The fourth-order valence-corrected chi connectivity index (χ4v) is 1.23. The highest BCUT2D eigenvalue weighted by Crippen LogP contribution is 2.23. The Kier molecular flexibility index (Phi) is 3.53. The Morgan fingerprint density at radius 3 is 2.62 bits per heavy atom. The fourth-order valence-electron chi connectivity index (χ4n) is 1.23. The van der Waals surface area contributed by atoms with Crippen molar-refractivity contribution >= 4 is 0 Å². The van der Waals surface area contributed by atoms with Crippen molar-refractivity contribution in [3.63, 3.8) is 0 Å². The predicted octanol–water partition coefficient (Wildman–Crippen LogP) is 2.00. The monoisotopic (exact) mass is 178 g/mol. The Hall–Kier alpha value is -1.28. The van der Waals surface area contributed by atoms with Gasteiger partial charge >= 0.3 is 0 Å². The third-order valence-electron chi connectivity index (χ3n) is 1.99. The van der Waals surface area contributed by atoms with Gasteiger partial charge in [0.15, 0.2) is 0 Å². The minimum absolute atomic E-state index is 0.117. The summed E-state index contributed by atoms with van der Waals surface area (Å²) >= 11 is 0. The van der Waals surface area contributed by atoms with Gasteiger partial charge in [-0.3, -0.25) is 0 Å². The number of phenols is 1. The van der Waals surface area contributed by atoms with Gasteiger partial charge in [0.05, 0.1) is 6.61 Å². The summed E-state index contributed by atoms with van der Waals surface area (Å²) in [5.74, 6) is 0.215. The molecule has 0 radical (unpaired) electrons. The molecule has 0 aromatic heterocycles. The van der Waals surface area contributed by atoms with Gasteiger partial charge in [-0.2, -0.15) is 0 Å². The second-order valence-electron chi connectivity index (χ2n) is 2.91. The molecule has 13 heavy (non-hydrogen) atoms.